The van der Waals surface area contributed by atoms with Crippen LogP contribution in [0, 0.1) is 6.04 Å². The lowest BCUT2D eigenvalue weighted by atomic mass is 10.0. The summed E-state index contributed by atoms with van der Waals surface area (Å²) in [5, 5.41) is 0. The second kappa shape index (κ2) is 3.54. The van der Waals surface area contributed by atoms with E-state index in [1.165, 1.54) is 11.1 Å². The summed E-state index contributed by atoms with van der Waals surface area (Å²) in [6.07, 6.45) is 6.23. The quantitative estimate of drug-likeness (QED) is 0.465. The van der Waals surface area contributed by atoms with Crippen LogP contribution < -0.4 is 0 Å². The third-order valence-corrected chi connectivity index (χ3v) is 2.24. The molecule has 70 valence electrons. The standard InChI is InChI=1S/C13H13N/c1-11-8-9-13(14(2)10-11)12-6-4-3-5-7-12/h3-10H,2H2,1H3. The maximum Gasteiger partial charge on any atom is 0.146 e. The molecule has 0 atom stereocenters. The predicted octanol–water partition coefficient (Wildman–Crippen LogP) is 2.75. The minimum absolute atomic E-state index is 1.14. The molecule has 1 heteroatoms. The zero-order chi connectivity index (χ0) is 9.97. The Hall–Kier alpha value is -1.76. The molecule has 0 fully saturated rings. The Morgan fingerprint density at radius 3 is 2.57 bits per heavy atom. The highest BCUT2D eigenvalue weighted by molar-refractivity contribution is 5.39. The highest BCUT2D eigenvalue weighted by atomic mass is 15.0. The Balaban J connectivity index is 2.31. The second-order valence-electron chi connectivity index (χ2n) is 3.43. The maximum atomic E-state index is 3.97. The van der Waals surface area contributed by atoms with E-state index in [0.29, 0.717) is 0 Å². The number of hydrogen-bond donors (Lipinski definition) is 0. The minimum Gasteiger partial charge on any atom is -0.255 e. The SMILES string of the molecule is C=[N+]1C=C(C)C=C[C-]1c1ccccc1. The van der Waals surface area contributed by atoms with E-state index >= 15 is 0 Å². The third-order valence-electron chi connectivity index (χ3n) is 2.24. The van der Waals surface area contributed by atoms with Gasteiger partial charge in [0.15, 0.2) is 0 Å². The molecule has 1 aromatic carbocycles. The van der Waals surface area contributed by atoms with E-state index in [9.17, 15) is 0 Å². The molecule has 1 heterocycles. The molecule has 2 rings (SSSR count). The van der Waals surface area contributed by atoms with Gasteiger partial charge in [0.2, 0.25) is 0 Å². The smallest absolute Gasteiger partial charge is 0.146 e. The van der Waals surface area contributed by atoms with Crippen molar-refractivity contribution >= 4 is 6.72 Å². The van der Waals surface area contributed by atoms with Crippen molar-refractivity contribution in [2.24, 2.45) is 0 Å². The lowest BCUT2D eigenvalue weighted by Crippen LogP contribution is -2.13. The highest BCUT2D eigenvalue weighted by Gasteiger charge is 2.14. The molecule has 14 heavy (non-hydrogen) atoms. The summed E-state index contributed by atoms with van der Waals surface area (Å²) in [4.78, 5) is 0. The zero-order valence-corrected chi connectivity index (χ0v) is 8.27. The van der Waals surface area contributed by atoms with Crippen LogP contribution in [0.2, 0.25) is 0 Å². The summed E-state index contributed by atoms with van der Waals surface area (Å²) in [5.41, 5.74) is 2.42. The van der Waals surface area contributed by atoms with Crippen LogP contribution in [-0.4, -0.2) is 11.3 Å². The van der Waals surface area contributed by atoms with Crippen molar-refractivity contribution in [2.45, 2.75) is 6.92 Å². The van der Waals surface area contributed by atoms with Crippen LogP contribution in [0.3, 0.4) is 0 Å². The minimum atomic E-state index is 1.14. The Morgan fingerprint density at radius 1 is 1.21 bits per heavy atom. The Kier molecular flexibility index (Phi) is 2.23. The molecule has 0 radical (unpaired) electrons. The monoisotopic (exact) mass is 183 g/mol. The van der Waals surface area contributed by atoms with Gasteiger partial charge in [-0.05, 0) is 24.1 Å². The van der Waals surface area contributed by atoms with Crippen molar-refractivity contribution in [3.05, 3.63) is 65.9 Å². The molecular weight excluding hydrogens is 170 g/mol. The van der Waals surface area contributed by atoms with Crippen molar-refractivity contribution in [1.82, 2.24) is 0 Å². The van der Waals surface area contributed by atoms with Gasteiger partial charge < -0.3 is 0 Å². The first-order chi connectivity index (χ1) is 6.77. The van der Waals surface area contributed by atoms with E-state index in [1.807, 2.05) is 29.0 Å². The van der Waals surface area contributed by atoms with Crippen LogP contribution in [0.4, 0.5) is 0 Å². The van der Waals surface area contributed by atoms with Crippen molar-refractivity contribution in [3.63, 3.8) is 0 Å². The number of hydrogen-bond acceptors (Lipinski definition) is 0. The molecule has 0 amide bonds. The summed E-state index contributed by atoms with van der Waals surface area (Å²) in [6, 6.07) is 11.4. The largest absolute Gasteiger partial charge is 0.255 e. The Morgan fingerprint density at radius 2 is 1.93 bits per heavy atom. The van der Waals surface area contributed by atoms with Crippen LogP contribution in [0.5, 0.6) is 0 Å². The van der Waals surface area contributed by atoms with Crippen LogP contribution in [0.15, 0.2) is 54.3 Å². The van der Waals surface area contributed by atoms with Gasteiger partial charge in [0.25, 0.3) is 0 Å². The lowest BCUT2D eigenvalue weighted by molar-refractivity contribution is -0.418. The van der Waals surface area contributed by atoms with Crippen LogP contribution >= 0.6 is 0 Å². The second-order valence-corrected chi connectivity index (χ2v) is 3.43. The fraction of sp³-hybridized carbons (Fsp3) is 0.0769. The van der Waals surface area contributed by atoms with E-state index in [4.69, 9.17) is 0 Å². The van der Waals surface area contributed by atoms with Gasteiger partial charge in [-0.3, -0.25) is 4.58 Å². The number of allylic oxidation sites excluding steroid dienone is 2. The van der Waals surface area contributed by atoms with Gasteiger partial charge >= 0.3 is 0 Å². The summed E-state index contributed by atoms with van der Waals surface area (Å²) >= 11 is 0. The predicted molar refractivity (Wildman–Crippen MR) is 59.1 cm³/mol. The van der Waals surface area contributed by atoms with Gasteiger partial charge in [-0.25, -0.2) is 0 Å². The van der Waals surface area contributed by atoms with E-state index < -0.39 is 0 Å². The molecule has 1 aliphatic rings. The average Bonchev–Trinajstić information content (AvgIpc) is 2.19. The van der Waals surface area contributed by atoms with E-state index in [-0.39, 0.29) is 0 Å². The fourth-order valence-electron chi connectivity index (χ4n) is 1.54. The maximum absolute atomic E-state index is 3.97. The van der Waals surface area contributed by atoms with Gasteiger partial charge in [0, 0.05) is 0 Å². The van der Waals surface area contributed by atoms with Gasteiger partial charge in [-0.15, -0.1) is 18.2 Å². The van der Waals surface area contributed by atoms with Gasteiger partial charge in [0.05, 0.1) is 6.72 Å². The van der Waals surface area contributed by atoms with E-state index in [1.54, 1.807) is 0 Å². The van der Waals surface area contributed by atoms with Crippen LogP contribution in [-0.2, 0) is 0 Å². The summed E-state index contributed by atoms with van der Waals surface area (Å²) < 4.78 is 1.91. The highest BCUT2D eigenvalue weighted by Crippen LogP contribution is 2.21. The molecule has 1 nitrogen and oxygen atoms in total. The lowest BCUT2D eigenvalue weighted by Gasteiger charge is -2.17. The molecule has 0 aliphatic carbocycles. The molecule has 1 aliphatic heterocycles. The van der Waals surface area contributed by atoms with Crippen LogP contribution in [0.25, 0.3) is 0 Å². The molecule has 0 saturated heterocycles. The molecule has 0 aromatic heterocycles. The normalized spacial score (nSPS) is 15.6. The fourth-order valence-corrected chi connectivity index (χ4v) is 1.54. The Labute approximate surface area is 84.7 Å². The molecule has 0 unspecified atom stereocenters. The molecule has 0 N–H and O–H groups in total. The topological polar surface area (TPSA) is 3.01 Å². The average molecular weight is 183 g/mol. The van der Waals surface area contributed by atoms with Crippen LogP contribution in [0.1, 0.15) is 12.5 Å². The summed E-state index contributed by atoms with van der Waals surface area (Å²) in [7, 11) is 0. The van der Waals surface area contributed by atoms with Gasteiger partial charge in [-0.1, -0.05) is 18.2 Å². The van der Waals surface area contributed by atoms with E-state index in [2.05, 4.69) is 37.9 Å². The van der Waals surface area contributed by atoms with Gasteiger partial charge in [-0.2, -0.15) is 0 Å². The molecule has 0 saturated carbocycles. The molecule has 1 aromatic rings. The summed E-state index contributed by atoms with van der Waals surface area (Å²) in [5.74, 6) is 0. The van der Waals surface area contributed by atoms with Crippen molar-refractivity contribution in [2.75, 3.05) is 0 Å². The number of rotatable bonds is 1. The number of benzene rings is 1. The third kappa shape index (κ3) is 1.62. The first-order valence-corrected chi connectivity index (χ1v) is 4.66. The molecule has 0 bridgehead atoms. The Bertz CT molecular complexity index is 399. The zero-order valence-electron chi connectivity index (χ0n) is 8.27. The molecule has 0 spiro atoms. The van der Waals surface area contributed by atoms with E-state index in [0.717, 1.165) is 6.04 Å². The number of nitrogens with zero attached hydrogens (tertiary/aromatic N) is 1. The van der Waals surface area contributed by atoms with Crippen molar-refractivity contribution < 1.29 is 4.58 Å². The molecular formula is C13H13N. The van der Waals surface area contributed by atoms with Gasteiger partial charge in [0.1, 0.15) is 12.2 Å². The van der Waals surface area contributed by atoms with Crippen molar-refractivity contribution in [1.29, 1.82) is 0 Å². The van der Waals surface area contributed by atoms with Crippen molar-refractivity contribution in [3.8, 4) is 0 Å². The first-order valence-electron chi connectivity index (χ1n) is 4.66. The summed E-state index contributed by atoms with van der Waals surface area (Å²) in [6.45, 7) is 6.04. The first kappa shape index (κ1) is 8.82.